The number of ether oxygens (including phenoxy) is 2. The highest BCUT2D eigenvalue weighted by atomic mass is 16.5. The van der Waals surface area contributed by atoms with Crippen molar-refractivity contribution < 1.29 is 9.47 Å². The SMILES string of the molecule is [CH2]COc1ccc(C2c3ccc(OC)cc3CCC2c2ccccc2)cc1. The van der Waals surface area contributed by atoms with Crippen LogP contribution in [0.3, 0.4) is 0 Å². The number of aryl methyl sites for hydroxylation is 1. The molecule has 4 rings (SSSR count). The first kappa shape index (κ1) is 17.7. The van der Waals surface area contributed by atoms with E-state index in [0.29, 0.717) is 18.4 Å². The number of rotatable bonds is 5. The minimum Gasteiger partial charge on any atom is -0.497 e. The Hall–Kier alpha value is -2.74. The Labute approximate surface area is 161 Å². The van der Waals surface area contributed by atoms with E-state index in [1.54, 1.807) is 7.11 Å². The number of methoxy groups -OCH3 is 1. The van der Waals surface area contributed by atoms with Crippen molar-refractivity contribution in [2.45, 2.75) is 24.7 Å². The predicted molar refractivity (Wildman–Crippen MR) is 110 cm³/mol. The summed E-state index contributed by atoms with van der Waals surface area (Å²) in [6, 6.07) is 25.9. The lowest BCUT2D eigenvalue weighted by atomic mass is 9.69. The molecular weight excluding hydrogens is 332 g/mol. The molecule has 1 aliphatic rings. The third-order valence-electron chi connectivity index (χ3n) is 5.55. The molecule has 0 N–H and O–H groups in total. The molecule has 2 unspecified atom stereocenters. The highest BCUT2D eigenvalue weighted by Crippen LogP contribution is 2.47. The number of hydrogen-bond acceptors (Lipinski definition) is 2. The molecule has 0 aromatic heterocycles. The van der Waals surface area contributed by atoms with Crippen LogP contribution in [0.5, 0.6) is 11.5 Å². The van der Waals surface area contributed by atoms with Crippen molar-refractivity contribution in [3.8, 4) is 11.5 Å². The van der Waals surface area contributed by atoms with Crippen molar-refractivity contribution >= 4 is 0 Å². The first-order chi connectivity index (χ1) is 13.3. The minimum atomic E-state index is 0.329. The molecule has 1 aliphatic carbocycles. The summed E-state index contributed by atoms with van der Waals surface area (Å²) < 4.78 is 11.0. The van der Waals surface area contributed by atoms with Crippen molar-refractivity contribution in [1.82, 2.24) is 0 Å². The molecule has 0 spiro atoms. The van der Waals surface area contributed by atoms with E-state index in [4.69, 9.17) is 9.47 Å². The Morgan fingerprint density at radius 1 is 0.889 bits per heavy atom. The van der Waals surface area contributed by atoms with Crippen molar-refractivity contribution in [3.63, 3.8) is 0 Å². The quantitative estimate of drug-likeness (QED) is 0.577. The molecule has 0 heterocycles. The van der Waals surface area contributed by atoms with Gasteiger partial charge in [-0.25, -0.2) is 0 Å². The molecule has 3 aromatic carbocycles. The van der Waals surface area contributed by atoms with Crippen LogP contribution in [-0.2, 0) is 6.42 Å². The second kappa shape index (κ2) is 7.87. The topological polar surface area (TPSA) is 18.5 Å². The predicted octanol–water partition coefficient (Wildman–Crippen LogP) is 5.77. The average molecular weight is 357 g/mol. The summed E-state index contributed by atoms with van der Waals surface area (Å²) in [6.07, 6.45) is 2.21. The van der Waals surface area contributed by atoms with Crippen molar-refractivity contribution in [2.75, 3.05) is 13.7 Å². The fraction of sp³-hybridized carbons (Fsp3) is 0.240. The van der Waals surface area contributed by atoms with Gasteiger partial charge in [-0.1, -0.05) is 48.5 Å². The summed E-state index contributed by atoms with van der Waals surface area (Å²) in [5, 5.41) is 0. The van der Waals surface area contributed by atoms with Crippen molar-refractivity contribution in [3.05, 3.63) is 102 Å². The molecular formula is C25H25O2. The zero-order valence-corrected chi connectivity index (χ0v) is 15.7. The summed E-state index contributed by atoms with van der Waals surface area (Å²) in [6.45, 7) is 4.20. The molecule has 0 saturated carbocycles. The maximum absolute atomic E-state index is 5.53. The standard InChI is InChI=1S/C25H25O2/c1-3-27-21-12-9-19(10-13-21)25-23(18-7-5-4-6-8-18)15-11-20-17-22(26-2)14-16-24(20)25/h4-10,12-14,16-17,23,25H,1,3,11,15H2,2H3. The molecule has 1 radical (unpaired) electrons. The monoisotopic (exact) mass is 357 g/mol. The van der Waals surface area contributed by atoms with Gasteiger partial charge in [0.05, 0.1) is 13.7 Å². The van der Waals surface area contributed by atoms with Crippen LogP contribution in [0, 0.1) is 6.92 Å². The van der Waals surface area contributed by atoms with E-state index < -0.39 is 0 Å². The lowest BCUT2D eigenvalue weighted by Crippen LogP contribution is -2.20. The van der Waals surface area contributed by atoms with Crippen LogP contribution < -0.4 is 9.47 Å². The second-order valence-electron chi connectivity index (χ2n) is 7.02. The summed E-state index contributed by atoms with van der Waals surface area (Å²) in [5.74, 6) is 2.60. The van der Waals surface area contributed by atoms with Gasteiger partial charge in [-0.3, -0.25) is 0 Å². The molecule has 2 heteroatoms. The Balaban J connectivity index is 1.79. The lowest BCUT2D eigenvalue weighted by Gasteiger charge is -2.35. The molecule has 0 saturated heterocycles. The number of benzene rings is 3. The van der Waals surface area contributed by atoms with E-state index >= 15 is 0 Å². The van der Waals surface area contributed by atoms with Crippen LogP contribution in [0.2, 0.25) is 0 Å². The van der Waals surface area contributed by atoms with E-state index in [1.807, 2.05) is 0 Å². The Kier molecular flexibility index (Phi) is 5.15. The fourth-order valence-corrected chi connectivity index (χ4v) is 4.28. The van der Waals surface area contributed by atoms with Gasteiger partial charge in [0.15, 0.2) is 0 Å². The molecule has 0 fully saturated rings. The van der Waals surface area contributed by atoms with Crippen LogP contribution in [0.25, 0.3) is 0 Å². The van der Waals surface area contributed by atoms with Crippen molar-refractivity contribution in [2.24, 2.45) is 0 Å². The van der Waals surface area contributed by atoms with E-state index in [2.05, 4.69) is 79.7 Å². The zero-order valence-electron chi connectivity index (χ0n) is 15.7. The van der Waals surface area contributed by atoms with Crippen LogP contribution >= 0.6 is 0 Å². The Morgan fingerprint density at radius 2 is 1.63 bits per heavy atom. The van der Waals surface area contributed by atoms with Crippen LogP contribution in [0.1, 0.15) is 40.5 Å². The number of hydrogen-bond donors (Lipinski definition) is 0. The fourth-order valence-electron chi connectivity index (χ4n) is 4.28. The van der Waals surface area contributed by atoms with E-state index in [-0.39, 0.29) is 0 Å². The van der Waals surface area contributed by atoms with Crippen LogP contribution in [0.4, 0.5) is 0 Å². The van der Waals surface area contributed by atoms with Crippen molar-refractivity contribution in [1.29, 1.82) is 0 Å². The summed E-state index contributed by atoms with van der Waals surface area (Å²) in [7, 11) is 1.73. The summed E-state index contributed by atoms with van der Waals surface area (Å²) >= 11 is 0. The van der Waals surface area contributed by atoms with Gasteiger partial charge in [0.25, 0.3) is 0 Å². The lowest BCUT2D eigenvalue weighted by molar-refractivity contribution is 0.361. The Morgan fingerprint density at radius 3 is 2.33 bits per heavy atom. The minimum absolute atomic E-state index is 0.329. The van der Waals surface area contributed by atoms with Gasteiger partial charge < -0.3 is 9.47 Å². The smallest absolute Gasteiger partial charge is 0.119 e. The van der Waals surface area contributed by atoms with Gasteiger partial charge in [0.1, 0.15) is 11.5 Å². The van der Waals surface area contributed by atoms with Gasteiger partial charge in [-0.05, 0) is 72.2 Å². The molecule has 137 valence electrons. The summed E-state index contributed by atoms with van der Waals surface area (Å²) in [4.78, 5) is 0. The highest BCUT2D eigenvalue weighted by molar-refractivity contribution is 5.48. The molecule has 0 bridgehead atoms. The Bertz CT molecular complexity index is 884. The maximum Gasteiger partial charge on any atom is 0.119 e. The molecule has 0 amide bonds. The molecule has 27 heavy (non-hydrogen) atoms. The normalized spacial score (nSPS) is 18.6. The first-order valence-corrected chi connectivity index (χ1v) is 9.54. The van der Waals surface area contributed by atoms with E-state index in [9.17, 15) is 0 Å². The van der Waals surface area contributed by atoms with Gasteiger partial charge >= 0.3 is 0 Å². The first-order valence-electron chi connectivity index (χ1n) is 9.54. The van der Waals surface area contributed by atoms with Gasteiger partial charge in [-0.15, -0.1) is 0 Å². The molecule has 2 nitrogen and oxygen atoms in total. The van der Waals surface area contributed by atoms with Crippen LogP contribution in [0.15, 0.2) is 72.8 Å². The molecule has 3 aromatic rings. The maximum atomic E-state index is 5.53. The van der Waals surface area contributed by atoms with E-state index in [1.165, 1.54) is 22.3 Å². The number of fused-ring (bicyclic) bond motifs is 1. The summed E-state index contributed by atoms with van der Waals surface area (Å²) in [5.41, 5.74) is 5.53. The third kappa shape index (κ3) is 3.57. The largest absolute Gasteiger partial charge is 0.497 e. The van der Waals surface area contributed by atoms with Gasteiger partial charge in [-0.2, -0.15) is 0 Å². The van der Waals surface area contributed by atoms with E-state index in [0.717, 1.165) is 24.3 Å². The van der Waals surface area contributed by atoms with Crippen LogP contribution in [-0.4, -0.2) is 13.7 Å². The zero-order chi connectivity index (χ0) is 18.6. The third-order valence-corrected chi connectivity index (χ3v) is 5.55. The average Bonchev–Trinajstić information content (AvgIpc) is 2.74. The molecule has 0 aliphatic heterocycles. The molecule has 2 atom stereocenters. The van der Waals surface area contributed by atoms with Gasteiger partial charge in [0, 0.05) is 5.92 Å². The second-order valence-corrected chi connectivity index (χ2v) is 7.02. The van der Waals surface area contributed by atoms with Gasteiger partial charge in [0.2, 0.25) is 0 Å². The highest BCUT2D eigenvalue weighted by Gasteiger charge is 2.32.